The molecular formula is C18H19N5O2. The third-order valence-corrected chi connectivity index (χ3v) is 3.65. The molecule has 0 fully saturated rings. The lowest BCUT2D eigenvalue weighted by Crippen LogP contribution is -2.06. The predicted molar refractivity (Wildman–Crippen MR) is 99.0 cm³/mol. The van der Waals surface area contributed by atoms with E-state index in [1.807, 2.05) is 30.3 Å². The lowest BCUT2D eigenvalue weighted by molar-refractivity contribution is 0.355. The summed E-state index contributed by atoms with van der Waals surface area (Å²) in [6.45, 7) is 4.24. The molecule has 2 heterocycles. The number of nitrogens with two attached hydrogens (primary N) is 1. The predicted octanol–water partition coefficient (Wildman–Crippen LogP) is 2.89. The molecule has 0 saturated carbocycles. The van der Waals surface area contributed by atoms with Crippen LogP contribution in [0.1, 0.15) is 0 Å². The van der Waals surface area contributed by atoms with E-state index in [1.54, 1.807) is 20.3 Å². The van der Waals surface area contributed by atoms with Crippen molar-refractivity contribution in [3.63, 3.8) is 0 Å². The van der Waals surface area contributed by atoms with Gasteiger partial charge in [-0.2, -0.15) is 4.98 Å². The highest BCUT2D eigenvalue weighted by Crippen LogP contribution is 2.32. The van der Waals surface area contributed by atoms with Crippen LogP contribution in [0.25, 0.3) is 22.3 Å². The smallest absolute Gasteiger partial charge is 0.222 e. The summed E-state index contributed by atoms with van der Waals surface area (Å²) in [4.78, 5) is 13.2. The van der Waals surface area contributed by atoms with Gasteiger partial charge in [-0.05, 0) is 30.3 Å². The van der Waals surface area contributed by atoms with Crippen LogP contribution in [-0.4, -0.2) is 35.7 Å². The van der Waals surface area contributed by atoms with Gasteiger partial charge in [0.25, 0.3) is 0 Å². The third-order valence-electron chi connectivity index (χ3n) is 3.65. The second-order valence-electron chi connectivity index (χ2n) is 5.23. The number of fused-ring (bicyclic) bond motifs is 1. The van der Waals surface area contributed by atoms with E-state index in [9.17, 15) is 0 Å². The molecule has 0 spiro atoms. The molecule has 3 N–H and O–H groups in total. The van der Waals surface area contributed by atoms with Crippen LogP contribution in [0.15, 0.2) is 43.0 Å². The summed E-state index contributed by atoms with van der Waals surface area (Å²) in [5, 5.41) is 3.14. The molecule has 25 heavy (non-hydrogen) atoms. The second kappa shape index (κ2) is 7.04. The minimum atomic E-state index is 0.194. The standard InChI is InChI=1S/C18H19N5O2/c1-4-9-20-17-16-13(22-18(19)23-17)7-6-12(21-16)11-5-8-14(24-2)15(10-11)25-3/h4-8,10H,1,9H2,2-3H3,(H3,19,20,22,23). The van der Waals surface area contributed by atoms with Crippen LogP contribution in [0.5, 0.6) is 11.5 Å². The average Bonchev–Trinajstić information content (AvgIpc) is 2.65. The molecule has 0 aliphatic heterocycles. The molecule has 0 saturated heterocycles. The van der Waals surface area contributed by atoms with E-state index < -0.39 is 0 Å². The molecular weight excluding hydrogens is 318 g/mol. The van der Waals surface area contributed by atoms with Crippen molar-refractivity contribution in [1.29, 1.82) is 0 Å². The van der Waals surface area contributed by atoms with Crippen LogP contribution in [0.4, 0.5) is 11.8 Å². The Morgan fingerprint density at radius 2 is 1.88 bits per heavy atom. The summed E-state index contributed by atoms with van der Waals surface area (Å²) in [5.74, 6) is 2.07. The number of nitrogens with zero attached hydrogens (tertiary/aromatic N) is 3. The first kappa shape index (κ1) is 16.5. The zero-order valence-corrected chi connectivity index (χ0v) is 14.1. The highest BCUT2D eigenvalue weighted by atomic mass is 16.5. The highest BCUT2D eigenvalue weighted by Gasteiger charge is 2.11. The number of nitrogens with one attached hydrogen (secondary N) is 1. The summed E-state index contributed by atoms with van der Waals surface area (Å²) >= 11 is 0. The van der Waals surface area contributed by atoms with Crippen LogP contribution in [0.2, 0.25) is 0 Å². The largest absolute Gasteiger partial charge is 0.493 e. The first-order valence-electron chi connectivity index (χ1n) is 7.67. The molecule has 128 valence electrons. The van der Waals surface area contributed by atoms with Gasteiger partial charge in [-0.1, -0.05) is 6.08 Å². The average molecular weight is 337 g/mol. The number of nitrogen functional groups attached to an aromatic ring is 1. The van der Waals surface area contributed by atoms with E-state index >= 15 is 0 Å². The Kier molecular flexibility index (Phi) is 4.65. The van der Waals surface area contributed by atoms with Crippen molar-refractivity contribution in [2.24, 2.45) is 0 Å². The van der Waals surface area contributed by atoms with Gasteiger partial charge in [-0.15, -0.1) is 6.58 Å². The fourth-order valence-corrected chi connectivity index (χ4v) is 2.48. The number of ether oxygens (including phenoxy) is 2. The first-order chi connectivity index (χ1) is 12.2. The minimum absolute atomic E-state index is 0.194. The molecule has 0 unspecified atom stereocenters. The molecule has 0 atom stereocenters. The normalized spacial score (nSPS) is 10.5. The molecule has 3 rings (SSSR count). The van der Waals surface area contributed by atoms with Crippen molar-refractivity contribution in [2.75, 3.05) is 31.8 Å². The van der Waals surface area contributed by atoms with E-state index in [0.717, 1.165) is 11.3 Å². The quantitative estimate of drug-likeness (QED) is 0.668. The minimum Gasteiger partial charge on any atom is -0.493 e. The van der Waals surface area contributed by atoms with Gasteiger partial charge in [0.1, 0.15) is 5.52 Å². The van der Waals surface area contributed by atoms with Gasteiger partial charge in [0.15, 0.2) is 17.3 Å². The van der Waals surface area contributed by atoms with Crippen molar-refractivity contribution < 1.29 is 9.47 Å². The molecule has 1 aromatic carbocycles. The maximum absolute atomic E-state index is 5.77. The molecule has 7 heteroatoms. The van der Waals surface area contributed by atoms with E-state index in [4.69, 9.17) is 20.2 Å². The van der Waals surface area contributed by atoms with Crippen molar-refractivity contribution >= 4 is 22.8 Å². The van der Waals surface area contributed by atoms with Crippen LogP contribution in [0, 0.1) is 0 Å². The Morgan fingerprint density at radius 1 is 1.08 bits per heavy atom. The van der Waals surface area contributed by atoms with Crippen molar-refractivity contribution in [3.8, 4) is 22.8 Å². The number of rotatable bonds is 6. The molecule has 0 aliphatic carbocycles. The topological polar surface area (TPSA) is 95.2 Å². The SMILES string of the molecule is C=CCNc1nc(N)nc2ccc(-c3ccc(OC)c(OC)c3)nc12. The van der Waals surface area contributed by atoms with Gasteiger partial charge in [-0.3, -0.25) is 0 Å². The Labute approximate surface area is 145 Å². The number of benzene rings is 1. The van der Waals surface area contributed by atoms with Crippen molar-refractivity contribution in [3.05, 3.63) is 43.0 Å². The Bertz CT molecular complexity index is 927. The van der Waals surface area contributed by atoms with Crippen LogP contribution < -0.4 is 20.5 Å². The number of hydrogen-bond acceptors (Lipinski definition) is 7. The lowest BCUT2D eigenvalue weighted by atomic mass is 10.1. The Morgan fingerprint density at radius 3 is 2.60 bits per heavy atom. The fourth-order valence-electron chi connectivity index (χ4n) is 2.48. The van der Waals surface area contributed by atoms with E-state index in [-0.39, 0.29) is 5.95 Å². The van der Waals surface area contributed by atoms with Gasteiger partial charge in [-0.25, -0.2) is 9.97 Å². The Balaban J connectivity index is 2.11. The van der Waals surface area contributed by atoms with E-state index in [1.165, 1.54) is 0 Å². The van der Waals surface area contributed by atoms with Crippen LogP contribution in [-0.2, 0) is 0 Å². The van der Waals surface area contributed by atoms with Crippen molar-refractivity contribution in [2.45, 2.75) is 0 Å². The van der Waals surface area contributed by atoms with Gasteiger partial charge in [0, 0.05) is 12.1 Å². The third kappa shape index (κ3) is 3.30. The summed E-state index contributed by atoms with van der Waals surface area (Å²) in [5.41, 5.74) is 8.74. The molecule has 0 aliphatic rings. The fraction of sp³-hybridized carbons (Fsp3) is 0.167. The summed E-state index contributed by atoms with van der Waals surface area (Å²) < 4.78 is 10.6. The molecule has 2 aromatic heterocycles. The molecule has 0 amide bonds. The molecule has 0 radical (unpaired) electrons. The van der Waals surface area contributed by atoms with Gasteiger partial charge >= 0.3 is 0 Å². The summed E-state index contributed by atoms with van der Waals surface area (Å²) in [6.07, 6.45) is 1.74. The first-order valence-corrected chi connectivity index (χ1v) is 7.67. The summed E-state index contributed by atoms with van der Waals surface area (Å²) in [6, 6.07) is 9.39. The number of hydrogen-bond donors (Lipinski definition) is 2. The molecule has 3 aromatic rings. The van der Waals surface area contributed by atoms with Gasteiger partial charge in [0.05, 0.1) is 25.4 Å². The Hall–Kier alpha value is -3.35. The van der Waals surface area contributed by atoms with Crippen molar-refractivity contribution in [1.82, 2.24) is 15.0 Å². The summed E-state index contributed by atoms with van der Waals surface area (Å²) in [7, 11) is 3.20. The van der Waals surface area contributed by atoms with Gasteiger partial charge in [0.2, 0.25) is 5.95 Å². The zero-order valence-electron chi connectivity index (χ0n) is 14.1. The van der Waals surface area contributed by atoms with Gasteiger partial charge < -0.3 is 20.5 Å². The van der Waals surface area contributed by atoms with E-state index in [2.05, 4.69) is 21.9 Å². The molecule has 7 nitrogen and oxygen atoms in total. The number of aromatic nitrogens is 3. The molecule has 0 bridgehead atoms. The van der Waals surface area contributed by atoms with Crippen LogP contribution >= 0.6 is 0 Å². The number of anilines is 2. The zero-order chi connectivity index (χ0) is 17.8. The highest BCUT2D eigenvalue weighted by molar-refractivity contribution is 5.88. The second-order valence-corrected chi connectivity index (χ2v) is 5.23. The van der Waals surface area contributed by atoms with E-state index in [0.29, 0.717) is 34.9 Å². The lowest BCUT2D eigenvalue weighted by Gasteiger charge is -2.11. The van der Waals surface area contributed by atoms with Crippen LogP contribution in [0.3, 0.4) is 0 Å². The number of pyridine rings is 1. The maximum Gasteiger partial charge on any atom is 0.222 e. The number of methoxy groups -OCH3 is 2. The monoisotopic (exact) mass is 337 g/mol. The maximum atomic E-state index is 5.77.